The third-order valence-electron chi connectivity index (χ3n) is 6.32. The van der Waals surface area contributed by atoms with Gasteiger partial charge in [0.1, 0.15) is 0 Å². The summed E-state index contributed by atoms with van der Waals surface area (Å²) in [5.74, 6) is 1.94. The first-order valence-corrected chi connectivity index (χ1v) is 11.7. The van der Waals surface area contributed by atoms with Crippen LogP contribution in [0.4, 0.5) is 0 Å². The Morgan fingerprint density at radius 2 is 1.83 bits per heavy atom. The number of aliphatic imine (C=N–C) groups is 1. The molecule has 0 saturated carbocycles. The zero-order valence-corrected chi connectivity index (χ0v) is 19.0. The summed E-state index contributed by atoms with van der Waals surface area (Å²) < 4.78 is 0. The zero-order chi connectivity index (χ0) is 21.3. The number of hydrogen-bond acceptors (Lipinski definition) is 3. The van der Waals surface area contributed by atoms with Gasteiger partial charge in [-0.25, -0.2) is 4.99 Å². The molecule has 2 fully saturated rings. The molecule has 6 nitrogen and oxygen atoms in total. The number of benzene rings is 1. The van der Waals surface area contributed by atoms with Gasteiger partial charge in [-0.2, -0.15) is 0 Å². The Labute approximate surface area is 182 Å². The summed E-state index contributed by atoms with van der Waals surface area (Å²) in [5.41, 5.74) is 2.68. The van der Waals surface area contributed by atoms with Crippen LogP contribution in [0.15, 0.2) is 29.3 Å². The quantitative estimate of drug-likeness (QED) is 0.533. The Bertz CT molecular complexity index is 711. The van der Waals surface area contributed by atoms with Crippen molar-refractivity contribution in [3.05, 3.63) is 35.4 Å². The van der Waals surface area contributed by atoms with Gasteiger partial charge in [-0.1, -0.05) is 38.1 Å². The van der Waals surface area contributed by atoms with E-state index in [4.69, 9.17) is 4.99 Å². The summed E-state index contributed by atoms with van der Waals surface area (Å²) in [7, 11) is 0. The average molecular weight is 414 g/mol. The highest BCUT2D eigenvalue weighted by Gasteiger charge is 2.25. The maximum atomic E-state index is 11.9. The van der Waals surface area contributed by atoms with E-state index in [0.29, 0.717) is 13.0 Å². The summed E-state index contributed by atoms with van der Waals surface area (Å²) in [6, 6.07) is 8.96. The second kappa shape index (κ2) is 11.3. The number of amides is 1. The van der Waals surface area contributed by atoms with Crippen molar-refractivity contribution < 1.29 is 4.79 Å². The van der Waals surface area contributed by atoms with Gasteiger partial charge in [0.15, 0.2) is 5.96 Å². The number of piperidine rings is 1. The van der Waals surface area contributed by atoms with Crippen LogP contribution in [0.5, 0.6) is 0 Å². The van der Waals surface area contributed by atoms with Gasteiger partial charge in [0, 0.05) is 38.6 Å². The minimum absolute atomic E-state index is 0.238. The largest absolute Gasteiger partial charge is 0.357 e. The van der Waals surface area contributed by atoms with Gasteiger partial charge in [0.05, 0.1) is 6.54 Å². The number of rotatable bonds is 7. The molecule has 30 heavy (non-hydrogen) atoms. The number of carbonyl (C=O) groups is 1. The van der Waals surface area contributed by atoms with Gasteiger partial charge < -0.3 is 15.5 Å². The Kier molecular flexibility index (Phi) is 8.55. The fourth-order valence-corrected chi connectivity index (χ4v) is 4.33. The first kappa shape index (κ1) is 22.6. The number of nitrogens with one attached hydrogen (secondary N) is 2. The van der Waals surface area contributed by atoms with E-state index in [9.17, 15) is 4.79 Å². The fraction of sp³-hybridized carbons (Fsp3) is 0.667. The first-order chi connectivity index (χ1) is 14.6. The number of nitrogens with zero attached hydrogens (tertiary/aromatic N) is 3. The smallest absolute Gasteiger partial charge is 0.222 e. The van der Waals surface area contributed by atoms with Gasteiger partial charge in [0.25, 0.3) is 0 Å². The van der Waals surface area contributed by atoms with E-state index in [1.165, 1.54) is 37.1 Å². The number of guanidine groups is 1. The summed E-state index contributed by atoms with van der Waals surface area (Å²) in [6.45, 7) is 12.9. The monoisotopic (exact) mass is 413 g/mol. The molecule has 2 aliphatic rings. The highest BCUT2D eigenvalue weighted by Crippen LogP contribution is 2.20. The van der Waals surface area contributed by atoms with Gasteiger partial charge in [-0.3, -0.25) is 9.69 Å². The average Bonchev–Trinajstić information content (AvgIpc) is 3.22. The van der Waals surface area contributed by atoms with Crippen LogP contribution in [0.1, 0.15) is 57.6 Å². The van der Waals surface area contributed by atoms with E-state index in [1.807, 2.05) is 11.8 Å². The van der Waals surface area contributed by atoms with Gasteiger partial charge in [0.2, 0.25) is 5.91 Å². The fourth-order valence-electron chi connectivity index (χ4n) is 4.33. The molecule has 1 amide bonds. The molecule has 0 aliphatic carbocycles. The highest BCUT2D eigenvalue weighted by molar-refractivity contribution is 5.80. The number of likely N-dealkylation sites (tertiary alicyclic amines) is 2. The minimum Gasteiger partial charge on any atom is -0.357 e. The van der Waals surface area contributed by atoms with Crippen molar-refractivity contribution in [2.24, 2.45) is 10.9 Å². The lowest BCUT2D eigenvalue weighted by Crippen LogP contribution is -2.45. The summed E-state index contributed by atoms with van der Waals surface area (Å²) in [5, 5.41) is 6.90. The summed E-state index contributed by atoms with van der Waals surface area (Å²) in [4.78, 5) is 21.4. The number of carbonyl (C=O) groups excluding carboxylic acids is 1. The lowest BCUT2D eigenvalue weighted by Gasteiger charge is -2.30. The van der Waals surface area contributed by atoms with Crippen molar-refractivity contribution in [2.45, 2.75) is 65.6 Å². The second-order valence-electron chi connectivity index (χ2n) is 8.75. The van der Waals surface area contributed by atoms with E-state index >= 15 is 0 Å². The van der Waals surface area contributed by atoms with Crippen molar-refractivity contribution in [3.63, 3.8) is 0 Å². The van der Waals surface area contributed by atoms with Crippen molar-refractivity contribution in [3.8, 4) is 0 Å². The van der Waals surface area contributed by atoms with Crippen LogP contribution in [0.2, 0.25) is 0 Å². The molecule has 1 aromatic rings. The Balaban J connectivity index is 1.60. The molecular weight excluding hydrogens is 374 g/mol. The normalized spacial score (nSPS) is 21.1. The molecular formula is C24H39N5O. The lowest BCUT2D eigenvalue weighted by atomic mass is 9.98. The topological polar surface area (TPSA) is 60.0 Å². The molecule has 0 radical (unpaired) electrons. The molecule has 1 atom stereocenters. The molecule has 2 aliphatic heterocycles. The molecule has 3 rings (SSSR count). The third-order valence-corrected chi connectivity index (χ3v) is 6.32. The summed E-state index contributed by atoms with van der Waals surface area (Å²) in [6.07, 6.45) is 4.15. The molecule has 0 aromatic heterocycles. The molecule has 2 saturated heterocycles. The predicted molar refractivity (Wildman–Crippen MR) is 123 cm³/mol. The Hall–Kier alpha value is -2.08. The van der Waals surface area contributed by atoms with Gasteiger partial charge in [-0.15, -0.1) is 0 Å². The molecule has 1 aromatic carbocycles. The minimum atomic E-state index is 0.238. The van der Waals surface area contributed by atoms with E-state index in [0.717, 1.165) is 44.5 Å². The van der Waals surface area contributed by atoms with E-state index < -0.39 is 0 Å². The van der Waals surface area contributed by atoms with Gasteiger partial charge >= 0.3 is 0 Å². The van der Waals surface area contributed by atoms with Crippen LogP contribution in [0.3, 0.4) is 0 Å². The van der Waals surface area contributed by atoms with E-state index in [2.05, 4.69) is 53.6 Å². The van der Waals surface area contributed by atoms with Crippen molar-refractivity contribution in [1.29, 1.82) is 0 Å². The van der Waals surface area contributed by atoms with Crippen LogP contribution in [0, 0.1) is 5.92 Å². The van der Waals surface area contributed by atoms with Crippen LogP contribution >= 0.6 is 0 Å². The maximum absolute atomic E-state index is 11.9. The van der Waals surface area contributed by atoms with E-state index in [1.54, 1.807) is 0 Å². The van der Waals surface area contributed by atoms with Crippen molar-refractivity contribution in [2.75, 3.05) is 32.7 Å². The van der Waals surface area contributed by atoms with Crippen LogP contribution in [0.25, 0.3) is 0 Å². The second-order valence-corrected chi connectivity index (χ2v) is 8.75. The van der Waals surface area contributed by atoms with Crippen LogP contribution in [-0.2, 0) is 17.9 Å². The molecule has 6 heteroatoms. The molecule has 166 valence electrons. The molecule has 2 N–H and O–H groups in total. The highest BCUT2D eigenvalue weighted by atomic mass is 16.2. The Morgan fingerprint density at radius 1 is 1.10 bits per heavy atom. The Morgan fingerprint density at radius 3 is 2.53 bits per heavy atom. The maximum Gasteiger partial charge on any atom is 0.222 e. The molecule has 0 bridgehead atoms. The predicted octanol–water partition coefficient (Wildman–Crippen LogP) is 2.98. The van der Waals surface area contributed by atoms with Crippen LogP contribution < -0.4 is 10.6 Å². The number of hydrogen-bond donors (Lipinski definition) is 2. The molecule has 2 heterocycles. The van der Waals surface area contributed by atoms with E-state index in [-0.39, 0.29) is 11.9 Å². The van der Waals surface area contributed by atoms with Gasteiger partial charge in [-0.05, 0) is 56.3 Å². The van der Waals surface area contributed by atoms with Crippen molar-refractivity contribution in [1.82, 2.24) is 20.4 Å². The van der Waals surface area contributed by atoms with Crippen LogP contribution in [-0.4, -0.2) is 60.4 Å². The SMILES string of the molecule is CCNC(=NCc1ccccc1CN1CCC(C)CC1)NC1CCN(C(=O)CC)C1. The molecule has 1 unspecified atom stereocenters. The first-order valence-electron chi connectivity index (χ1n) is 11.7. The summed E-state index contributed by atoms with van der Waals surface area (Å²) >= 11 is 0. The van der Waals surface area contributed by atoms with Crippen molar-refractivity contribution >= 4 is 11.9 Å². The lowest BCUT2D eigenvalue weighted by molar-refractivity contribution is -0.129. The third kappa shape index (κ3) is 6.46. The standard InChI is InChI=1S/C24H39N5O/c1-4-23(30)29-15-12-22(18-29)27-24(25-5-2)26-16-20-8-6-7-9-21(20)17-28-13-10-19(3)11-14-28/h6-9,19,22H,4-5,10-18H2,1-3H3,(H2,25,26,27). The molecule has 0 spiro atoms. The zero-order valence-electron chi connectivity index (χ0n) is 19.0.